The van der Waals surface area contributed by atoms with E-state index in [4.69, 9.17) is 11.6 Å². The van der Waals surface area contributed by atoms with Gasteiger partial charge in [0.2, 0.25) is 15.9 Å². The van der Waals surface area contributed by atoms with Gasteiger partial charge in [-0.25, -0.2) is 8.42 Å². The van der Waals surface area contributed by atoms with Crippen molar-refractivity contribution >= 4 is 33.2 Å². The summed E-state index contributed by atoms with van der Waals surface area (Å²) in [5.41, 5.74) is 2.44. The minimum Gasteiger partial charge on any atom is -0.348 e. The molecule has 5 nitrogen and oxygen atoms in total. The van der Waals surface area contributed by atoms with Gasteiger partial charge in [0.15, 0.2) is 0 Å². The number of benzene rings is 2. The van der Waals surface area contributed by atoms with Crippen molar-refractivity contribution < 1.29 is 13.2 Å². The van der Waals surface area contributed by atoms with Crippen LogP contribution in [0.5, 0.6) is 0 Å². The fourth-order valence-corrected chi connectivity index (χ4v) is 3.42. The third kappa shape index (κ3) is 5.47. The van der Waals surface area contributed by atoms with Gasteiger partial charge in [-0.1, -0.05) is 47.5 Å². The fourth-order valence-electron chi connectivity index (χ4n) is 2.39. The molecule has 0 saturated carbocycles. The molecule has 2 aromatic carbocycles. The zero-order valence-corrected chi connectivity index (χ0v) is 15.9. The highest BCUT2D eigenvalue weighted by Gasteiger charge is 2.22. The first-order chi connectivity index (χ1) is 11.7. The molecule has 0 spiro atoms. The number of halogens is 1. The van der Waals surface area contributed by atoms with E-state index < -0.39 is 15.9 Å². The van der Waals surface area contributed by atoms with E-state index in [-0.39, 0.29) is 12.6 Å². The number of amides is 1. The number of rotatable bonds is 6. The standard InChI is InChI=1S/C18H21ClN2O3S/c1-13-7-9-15(10-8-13)14(2)20-18(22)12-21(25(3,23)24)17-6-4-5-16(19)11-17/h4-11,14H,12H2,1-3H3,(H,20,22)/t14-/m0/s1. The lowest BCUT2D eigenvalue weighted by Gasteiger charge is -2.23. The Morgan fingerprint density at radius 2 is 1.84 bits per heavy atom. The van der Waals surface area contributed by atoms with E-state index in [1.54, 1.807) is 18.2 Å². The molecule has 2 aromatic rings. The maximum Gasteiger partial charge on any atom is 0.241 e. The summed E-state index contributed by atoms with van der Waals surface area (Å²) in [6.45, 7) is 3.53. The molecule has 1 N–H and O–H groups in total. The van der Waals surface area contributed by atoms with Crippen LogP contribution in [0.15, 0.2) is 48.5 Å². The molecule has 1 atom stereocenters. The van der Waals surface area contributed by atoms with Crippen LogP contribution in [0, 0.1) is 6.92 Å². The number of sulfonamides is 1. The molecule has 0 aliphatic rings. The van der Waals surface area contributed by atoms with Gasteiger partial charge in [0.05, 0.1) is 18.0 Å². The highest BCUT2D eigenvalue weighted by molar-refractivity contribution is 7.92. The zero-order valence-electron chi connectivity index (χ0n) is 14.4. The monoisotopic (exact) mass is 380 g/mol. The quantitative estimate of drug-likeness (QED) is 0.836. The number of hydrogen-bond acceptors (Lipinski definition) is 3. The van der Waals surface area contributed by atoms with Gasteiger partial charge in [0.1, 0.15) is 6.54 Å². The summed E-state index contributed by atoms with van der Waals surface area (Å²) in [7, 11) is -3.62. The van der Waals surface area contributed by atoms with Crippen LogP contribution in [0.2, 0.25) is 5.02 Å². The first kappa shape index (κ1) is 19.3. The second-order valence-corrected chi connectivity index (χ2v) is 8.29. The first-order valence-electron chi connectivity index (χ1n) is 7.76. The molecule has 134 valence electrons. The predicted molar refractivity (Wildman–Crippen MR) is 101 cm³/mol. The lowest BCUT2D eigenvalue weighted by molar-refractivity contribution is -0.120. The van der Waals surface area contributed by atoms with Gasteiger partial charge >= 0.3 is 0 Å². The van der Waals surface area contributed by atoms with Gasteiger partial charge in [-0.2, -0.15) is 0 Å². The van der Waals surface area contributed by atoms with Crippen molar-refractivity contribution in [2.24, 2.45) is 0 Å². The van der Waals surface area contributed by atoms with Crippen LogP contribution >= 0.6 is 11.6 Å². The molecule has 0 aromatic heterocycles. The average molecular weight is 381 g/mol. The van der Waals surface area contributed by atoms with Gasteiger partial charge in [-0.05, 0) is 37.6 Å². The first-order valence-corrected chi connectivity index (χ1v) is 9.98. The van der Waals surface area contributed by atoms with Gasteiger partial charge in [-0.15, -0.1) is 0 Å². The Balaban J connectivity index is 2.13. The summed E-state index contributed by atoms with van der Waals surface area (Å²) in [6.07, 6.45) is 1.06. The number of hydrogen-bond donors (Lipinski definition) is 1. The van der Waals surface area contributed by atoms with Crippen LogP contribution < -0.4 is 9.62 Å². The Morgan fingerprint density at radius 3 is 2.40 bits per heavy atom. The van der Waals surface area contributed by atoms with Crippen molar-refractivity contribution in [1.29, 1.82) is 0 Å². The highest BCUT2D eigenvalue weighted by atomic mass is 35.5. The number of aryl methyl sites for hydroxylation is 1. The van der Waals surface area contributed by atoms with Gasteiger partial charge < -0.3 is 5.32 Å². The van der Waals surface area contributed by atoms with Gasteiger partial charge in [-0.3, -0.25) is 9.10 Å². The van der Waals surface area contributed by atoms with Gasteiger partial charge in [0.25, 0.3) is 0 Å². The summed E-state index contributed by atoms with van der Waals surface area (Å²) in [5, 5.41) is 3.23. The molecule has 1 amide bonds. The number of carbonyl (C=O) groups excluding carboxylic acids is 1. The molecule has 0 unspecified atom stereocenters. The van der Waals surface area contributed by atoms with E-state index in [1.165, 1.54) is 6.07 Å². The molecule has 0 saturated heterocycles. The van der Waals surface area contributed by atoms with Crippen molar-refractivity contribution in [2.45, 2.75) is 19.9 Å². The lowest BCUT2D eigenvalue weighted by atomic mass is 10.1. The second-order valence-electron chi connectivity index (χ2n) is 5.95. The predicted octanol–water partition coefficient (Wildman–Crippen LogP) is 3.29. The van der Waals surface area contributed by atoms with Crippen molar-refractivity contribution in [3.63, 3.8) is 0 Å². The number of nitrogens with one attached hydrogen (secondary N) is 1. The molecule has 7 heteroatoms. The summed E-state index contributed by atoms with van der Waals surface area (Å²) >= 11 is 5.93. The molecule has 0 fully saturated rings. The topological polar surface area (TPSA) is 66.5 Å². The minimum atomic E-state index is -3.62. The molecule has 0 heterocycles. The molecular weight excluding hydrogens is 360 g/mol. The minimum absolute atomic E-state index is 0.228. The number of anilines is 1. The molecule has 0 radical (unpaired) electrons. The molecule has 0 bridgehead atoms. The normalized spacial score (nSPS) is 12.5. The SMILES string of the molecule is Cc1ccc([C@H](C)NC(=O)CN(c2cccc(Cl)c2)S(C)(=O)=O)cc1. The van der Waals surface area contributed by atoms with E-state index in [9.17, 15) is 13.2 Å². The maximum atomic E-state index is 12.4. The van der Waals surface area contributed by atoms with E-state index in [0.717, 1.165) is 21.7 Å². The van der Waals surface area contributed by atoms with Crippen LogP contribution in [0.4, 0.5) is 5.69 Å². The van der Waals surface area contributed by atoms with Crippen LogP contribution in [0.3, 0.4) is 0 Å². The number of carbonyl (C=O) groups is 1. The van der Waals surface area contributed by atoms with Crippen LogP contribution in [-0.2, 0) is 14.8 Å². The highest BCUT2D eigenvalue weighted by Crippen LogP contribution is 2.22. The zero-order chi connectivity index (χ0) is 18.6. The molecule has 25 heavy (non-hydrogen) atoms. The molecule has 2 rings (SSSR count). The smallest absolute Gasteiger partial charge is 0.241 e. The Kier molecular flexibility index (Phi) is 6.08. The van der Waals surface area contributed by atoms with Crippen molar-refractivity contribution in [2.75, 3.05) is 17.1 Å². The molecule has 0 aliphatic heterocycles. The summed E-state index contributed by atoms with van der Waals surface area (Å²) in [5.74, 6) is -0.390. The summed E-state index contributed by atoms with van der Waals surface area (Å²) < 4.78 is 25.2. The van der Waals surface area contributed by atoms with E-state index in [0.29, 0.717) is 10.7 Å². The maximum absolute atomic E-state index is 12.4. The van der Waals surface area contributed by atoms with Crippen molar-refractivity contribution in [3.05, 3.63) is 64.7 Å². The van der Waals surface area contributed by atoms with Crippen molar-refractivity contribution in [3.8, 4) is 0 Å². The van der Waals surface area contributed by atoms with Crippen LogP contribution in [-0.4, -0.2) is 27.1 Å². The molecular formula is C18H21ClN2O3S. The third-order valence-corrected chi connectivity index (χ3v) is 5.11. The van der Waals surface area contributed by atoms with E-state index >= 15 is 0 Å². The summed E-state index contributed by atoms with van der Waals surface area (Å²) in [6, 6.07) is 14.0. The Hall–Kier alpha value is -2.05. The third-order valence-electron chi connectivity index (χ3n) is 3.74. The average Bonchev–Trinajstić information content (AvgIpc) is 2.52. The van der Waals surface area contributed by atoms with E-state index in [2.05, 4.69) is 5.32 Å². The Labute approximate surface area is 153 Å². The summed E-state index contributed by atoms with van der Waals surface area (Å²) in [4.78, 5) is 12.4. The number of nitrogens with zero attached hydrogens (tertiary/aromatic N) is 1. The Morgan fingerprint density at radius 1 is 1.20 bits per heavy atom. The lowest BCUT2D eigenvalue weighted by Crippen LogP contribution is -2.41. The largest absolute Gasteiger partial charge is 0.348 e. The van der Waals surface area contributed by atoms with Crippen LogP contribution in [0.25, 0.3) is 0 Å². The van der Waals surface area contributed by atoms with Crippen LogP contribution in [0.1, 0.15) is 24.1 Å². The molecule has 0 aliphatic carbocycles. The second kappa shape index (κ2) is 7.89. The fraction of sp³-hybridized carbons (Fsp3) is 0.278. The van der Waals surface area contributed by atoms with Gasteiger partial charge in [0, 0.05) is 5.02 Å². The van der Waals surface area contributed by atoms with Crippen molar-refractivity contribution in [1.82, 2.24) is 5.32 Å². The van der Waals surface area contributed by atoms with E-state index in [1.807, 2.05) is 38.1 Å². The Bertz CT molecular complexity index is 851.